The second kappa shape index (κ2) is 4.85. The van der Waals surface area contributed by atoms with Crippen molar-refractivity contribution in [2.75, 3.05) is 7.05 Å². The highest BCUT2D eigenvalue weighted by Crippen LogP contribution is 2.16. The van der Waals surface area contributed by atoms with Crippen LogP contribution in [0.3, 0.4) is 0 Å². The molecule has 0 aliphatic heterocycles. The molecule has 1 aromatic carbocycles. The van der Waals surface area contributed by atoms with Crippen molar-refractivity contribution < 1.29 is 4.79 Å². The molecule has 0 unspecified atom stereocenters. The topological polar surface area (TPSA) is 49.0 Å². The Balaban J connectivity index is 1.82. The fourth-order valence-electron chi connectivity index (χ4n) is 2.02. The number of carbonyl (C=O) groups is 1. The van der Waals surface area contributed by atoms with Gasteiger partial charge >= 0.3 is 0 Å². The van der Waals surface area contributed by atoms with Gasteiger partial charge in [0.15, 0.2) is 0 Å². The molecule has 0 spiro atoms. The second-order valence-electron chi connectivity index (χ2n) is 4.41. The summed E-state index contributed by atoms with van der Waals surface area (Å²) in [5, 5.41) is 3.00. The minimum atomic E-state index is -0.0239. The number of benzene rings is 1. The molecule has 0 saturated carbocycles. The van der Waals surface area contributed by atoms with E-state index < -0.39 is 0 Å². The quantitative estimate of drug-likeness (QED) is 0.796. The molecule has 3 aromatic rings. The van der Waals surface area contributed by atoms with Gasteiger partial charge in [0.05, 0.1) is 17.7 Å². The van der Waals surface area contributed by atoms with Gasteiger partial charge in [-0.2, -0.15) is 0 Å². The maximum absolute atomic E-state index is 12.3. The summed E-state index contributed by atoms with van der Waals surface area (Å²) < 4.78 is 0. The standard InChI is InChI=1S/C14H13N3OS/c1-17(7-11-8-19-9-15-11)14(18)13-6-10-4-2-3-5-12(10)16-13/h2-6,8-9,16H,7H2,1H3. The summed E-state index contributed by atoms with van der Waals surface area (Å²) in [6, 6.07) is 9.75. The van der Waals surface area contributed by atoms with Crippen LogP contribution in [0.25, 0.3) is 10.9 Å². The number of carbonyl (C=O) groups excluding carboxylic acids is 1. The fourth-order valence-corrected chi connectivity index (χ4v) is 2.57. The van der Waals surface area contributed by atoms with Crippen LogP contribution < -0.4 is 0 Å². The first-order valence-corrected chi connectivity index (χ1v) is 6.88. The summed E-state index contributed by atoms with van der Waals surface area (Å²) in [5.74, 6) is -0.0239. The van der Waals surface area contributed by atoms with E-state index in [9.17, 15) is 4.79 Å². The normalized spacial score (nSPS) is 10.8. The third-order valence-corrected chi connectivity index (χ3v) is 3.62. The zero-order valence-corrected chi connectivity index (χ0v) is 11.3. The summed E-state index contributed by atoms with van der Waals surface area (Å²) in [4.78, 5) is 21.3. The number of H-pyrrole nitrogens is 1. The third kappa shape index (κ3) is 2.37. The van der Waals surface area contributed by atoms with Crippen molar-refractivity contribution in [1.82, 2.24) is 14.9 Å². The van der Waals surface area contributed by atoms with E-state index in [0.29, 0.717) is 12.2 Å². The molecule has 1 N–H and O–H groups in total. The molecule has 2 heterocycles. The van der Waals surface area contributed by atoms with E-state index >= 15 is 0 Å². The smallest absolute Gasteiger partial charge is 0.270 e. The van der Waals surface area contributed by atoms with E-state index in [1.165, 1.54) is 11.3 Å². The zero-order chi connectivity index (χ0) is 13.2. The van der Waals surface area contributed by atoms with Crippen molar-refractivity contribution in [2.45, 2.75) is 6.54 Å². The predicted molar refractivity (Wildman–Crippen MR) is 76.2 cm³/mol. The molecule has 19 heavy (non-hydrogen) atoms. The molecular weight excluding hydrogens is 258 g/mol. The average molecular weight is 271 g/mol. The largest absolute Gasteiger partial charge is 0.351 e. The van der Waals surface area contributed by atoms with Crippen molar-refractivity contribution in [3.05, 3.63) is 52.6 Å². The van der Waals surface area contributed by atoms with Gasteiger partial charge in [-0.1, -0.05) is 18.2 Å². The highest BCUT2D eigenvalue weighted by molar-refractivity contribution is 7.07. The van der Waals surface area contributed by atoms with Crippen LogP contribution in [0.5, 0.6) is 0 Å². The van der Waals surface area contributed by atoms with E-state index in [1.54, 1.807) is 17.5 Å². The summed E-state index contributed by atoms with van der Waals surface area (Å²) in [5.41, 5.74) is 4.28. The Morgan fingerprint density at radius 2 is 2.26 bits per heavy atom. The van der Waals surface area contributed by atoms with Crippen molar-refractivity contribution in [1.29, 1.82) is 0 Å². The first-order valence-electron chi connectivity index (χ1n) is 5.94. The van der Waals surface area contributed by atoms with E-state index in [2.05, 4.69) is 9.97 Å². The molecular formula is C14H13N3OS. The molecule has 0 aliphatic carbocycles. The lowest BCUT2D eigenvalue weighted by molar-refractivity contribution is 0.0779. The van der Waals surface area contributed by atoms with Gasteiger partial charge in [0.1, 0.15) is 5.69 Å². The van der Waals surface area contributed by atoms with Gasteiger partial charge in [-0.05, 0) is 12.1 Å². The number of fused-ring (bicyclic) bond motifs is 1. The lowest BCUT2D eigenvalue weighted by atomic mass is 10.2. The van der Waals surface area contributed by atoms with E-state index in [-0.39, 0.29) is 5.91 Å². The molecule has 96 valence electrons. The molecule has 0 aliphatic rings. The minimum absolute atomic E-state index is 0.0239. The van der Waals surface area contributed by atoms with Crippen molar-refractivity contribution in [3.8, 4) is 0 Å². The number of amides is 1. The Labute approximate surface area is 114 Å². The number of nitrogens with zero attached hydrogens (tertiary/aromatic N) is 2. The van der Waals surface area contributed by atoms with E-state index in [4.69, 9.17) is 0 Å². The van der Waals surface area contributed by atoms with E-state index in [0.717, 1.165) is 16.6 Å². The van der Waals surface area contributed by atoms with Gasteiger partial charge < -0.3 is 9.88 Å². The number of nitrogens with one attached hydrogen (secondary N) is 1. The highest BCUT2D eigenvalue weighted by atomic mass is 32.1. The number of thiazole rings is 1. The molecule has 2 aromatic heterocycles. The Morgan fingerprint density at radius 1 is 1.42 bits per heavy atom. The molecule has 3 rings (SSSR count). The van der Waals surface area contributed by atoms with Gasteiger partial charge in [-0.25, -0.2) is 4.98 Å². The maximum atomic E-state index is 12.3. The van der Waals surface area contributed by atoms with Crippen LogP contribution in [0, 0.1) is 0 Å². The Hall–Kier alpha value is -2.14. The fraction of sp³-hybridized carbons (Fsp3) is 0.143. The highest BCUT2D eigenvalue weighted by Gasteiger charge is 2.15. The Bertz CT molecular complexity index is 669. The van der Waals surface area contributed by atoms with Crippen molar-refractivity contribution >= 4 is 28.1 Å². The summed E-state index contributed by atoms with van der Waals surface area (Å²) >= 11 is 1.54. The maximum Gasteiger partial charge on any atom is 0.270 e. The SMILES string of the molecule is CN(Cc1cscn1)C(=O)c1cc2ccccc2[nH]1. The van der Waals surface area contributed by atoms with Crippen LogP contribution in [-0.2, 0) is 6.54 Å². The van der Waals surface area contributed by atoms with Crippen LogP contribution in [0.1, 0.15) is 16.2 Å². The molecule has 0 fully saturated rings. The minimum Gasteiger partial charge on any atom is -0.351 e. The lowest BCUT2D eigenvalue weighted by Gasteiger charge is -2.14. The first kappa shape index (κ1) is 11.9. The van der Waals surface area contributed by atoms with Crippen LogP contribution in [-0.4, -0.2) is 27.8 Å². The molecule has 0 atom stereocenters. The summed E-state index contributed by atoms with van der Waals surface area (Å²) in [7, 11) is 1.78. The Kier molecular flexibility index (Phi) is 3.05. The van der Waals surface area contributed by atoms with E-state index in [1.807, 2.05) is 35.7 Å². The number of hydrogen-bond acceptors (Lipinski definition) is 3. The number of para-hydroxylation sites is 1. The lowest BCUT2D eigenvalue weighted by Crippen LogP contribution is -2.26. The van der Waals surface area contributed by atoms with Gasteiger partial charge in [-0.15, -0.1) is 11.3 Å². The number of aromatic nitrogens is 2. The first-order chi connectivity index (χ1) is 9.24. The van der Waals surface area contributed by atoms with Gasteiger partial charge in [-0.3, -0.25) is 4.79 Å². The van der Waals surface area contributed by atoms with Crippen LogP contribution in [0.15, 0.2) is 41.2 Å². The molecule has 0 radical (unpaired) electrons. The zero-order valence-electron chi connectivity index (χ0n) is 10.5. The number of hydrogen-bond donors (Lipinski definition) is 1. The van der Waals surface area contributed by atoms with Gasteiger partial charge in [0.25, 0.3) is 5.91 Å². The summed E-state index contributed by atoms with van der Waals surface area (Å²) in [6.45, 7) is 0.525. The van der Waals surface area contributed by atoms with Gasteiger partial charge in [0, 0.05) is 23.3 Å². The van der Waals surface area contributed by atoms with Crippen LogP contribution >= 0.6 is 11.3 Å². The molecule has 1 amide bonds. The number of rotatable bonds is 3. The summed E-state index contributed by atoms with van der Waals surface area (Å²) in [6.07, 6.45) is 0. The Morgan fingerprint density at radius 3 is 3.00 bits per heavy atom. The monoisotopic (exact) mass is 271 g/mol. The molecule has 4 nitrogen and oxygen atoms in total. The predicted octanol–water partition coefficient (Wildman–Crippen LogP) is 2.90. The van der Waals surface area contributed by atoms with Crippen LogP contribution in [0.2, 0.25) is 0 Å². The molecule has 5 heteroatoms. The number of aromatic amines is 1. The van der Waals surface area contributed by atoms with Gasteiger partial charge in [0.2, 0.25) is 0 Å². The van der Waals surface area contributed by atoms with Crippen molar-refractivity contribution in [2.24, 2.45) is 0 Å². The molecule has 0 bridgehead atoms. The van der Waals surface area contributed by atoms with Crippen molar-refractivity contribution in [3.63, 3.8) is 0 Å². The molecule has 0 saturated heterocycles. The third-order valence-electron chi connectivity index (χ3n) is 2.99. The average Bonchev–Trinajstić information content (AvgIpc) is 3.05. The van der Waals surface area contributed by atoms with Crippen LogP contribution in [0.4, 0.5) is 0 Å². The second-order valence-corrected chi connectivity index (χ2v) is 5.13.